The molecule has 0 aliphatic heterocycles. The van der Waals surface area contributed by atoms with E-state index in [1.165, 1.54) is 6.07 Å². The highest BCUT2D eigenvalue weighted by molar-refractivity contribution is 9.11. The summed E-state index contributed by atoms with van der Waals surface area (Å²) in [6.07, 6.45) is 0. The monoisotopic (exact) mass is 323 g/mol. The Morgan fingerprint density at radius 1 is 1.43 bits per heavy atom. The summed E-state index contributed by atoms with van der Waals surface area (Å²) in [4.78, 5) is 10.6. The predicted molar refractivity (Wildman–Crippen MR) is 58.1 cm³/mol. The highest BCUT2D eigenvalue weighted by Crippen LogP contribution is 2.34. The molecule has 0 unspecified atom stereocenters. The fraction of sp³-hybridized carbons (Fsp3) is 0.125. The van der Waals surface area contributed by atoms with Crippen LogP contribution in [-0.2, 0) is 4.79 Å². The molecule has 76 valence electrons. The predicted octanol–water partition coefficient (Wildman–Crippen LogP) is 2.00. The summed E-state index contributed by atoms with van der Waals surface area (Å²) >= 11 is 6.26. The summed E-state index contributed by atoms with van der Waals surface area (Å²) in [6.45, 7) is 0. The zero-order valence-electron chi connectivity index (χ0n) is 6.87. The van der Waals surface area contributed by atoms with Crippen LogP contribution in [0.3, 0.4) is 0 Å². The second-order valence-corrected chi connectivity index (χ2v) is 4.41. The number of carbonyl (C=O) groups is 1. The third kappa shape index (κ3) is 2.26. The van der Waals surface area contributed by atoms with Crippen LogP contribution in [0.25, 0.3) is 0 Å². The van der Waals surface area contributed by atoms with Crippen molar-refractivity contribution in [2.75, 3.05) is 0 Å². The number of rotatable bonds is 2. The largest absolute Gasteiger partial charge is 0.506 e. The summed E-state index contributed by atoms with van der Waals surface area (Å²) in [5.41, 5.74) is 5.54. The molecule has 0 fully saturated rings. The SMILES string of the molecule is N[C@H](C(=O)O)c1cc(Br)cc(Br)c1O. The van der Waals surface area contributed by atoms with Gasteiger partial charge in [-0.05, 0) is 28.1 Å². The van der Waals surface area contributed by atoms with E-state index in [-0.39, 0.29) is 11.3 Å². The molecular weight excluding hydrogens is 318 g/mol. The molecule has 4 N–H and O–H groups in total. The van der Waals surface area contributed by atoms with Gasteiger partial charge in [-0.25, -0.2) is 0 Å². The minimum absolute atomic E-state index is 0.150. The van der Waals surface area contributed by atoms with Crippen LogP contribution in [0.1, 0.15) is 11.6 Å². The molecule has 0 spiro atoms. The van der Waals surface area contributed by atoms with E-state index in [0.717, 1.165) is 0 Å². The molecule has 0 saturated carbocycles. The lowest BCUT2D eigenvalue weighted by Gasteiger charge is -2.10. The number of phenols is 1. The Morgan fingerprint density at radius 2 is 2.00 bits per heavy atom. The lowest BCUT2D eigenvalue weighted by Crippen LogP contribution is -2.20. The van der Waals surface area contributed by atoms with Crippen molar-refractivity contribution in [1.82, 2.24) is 0 Å². The molecule has 1 atom stereocenters. The van der Waals surface area contributed by atoms with E-state index in [9.17, 15) is 9.90 Å². The minimum atomic E-state index is -1.23. The molecule has 0 aliphatic carbocycles. The molecule has 1 aromatic rings. The molecule has 0 heterocycles. The Hall–Kier alpha value is -0.590. The van der Waals surface area contributed by atoms with Gasteiger partial charge in [0.1, 0.15) is 11.8 Å². The van der Waals surface area contributed by atoms with Gasteiger partial charge < -0.3 is 15.9 Å². The molecule has 0 saturated heterocycles. The van der Waals surface area contributed by atoms with Gasteiger partial charge in [-0.1, -0.05) is 15.9 Å². The van der Waals surface area contributed by atoms with E-state index in [1.54, 1.807) is 6.07 Å². The molecule has 6 heteroatoms. The van der Waals surface area contributed by atoms with Gasteiger partial charge in [-0.2, -0.15) is 0 Å². The van der Waals surface area contributed by atoms with Crippen molar-refractivity contribution in [2.45, 2.75) is 6.04 Å². The topological polar surface area (TPSA) is 83.6 Å². The van der Waals surface area contributed by atoms with E-state index in [1.807, 2.05) is 0 Å². The highest BCUT2D eigenvalue weighted by Gasteiger charge is 2.20. The first-order chi connectivity index (χ1) is 6.43. The van der Waals surface area contributed by atoms with Gasteiger partial charge in [0, 0.05) is 10.0 Å². The fourth-order valence-electron chi connectivity index (χ4n) is 0.956. The minimum Gasteiger partial charge on any atom is -0.506 e. The van der Waals surface area contributed by atoms with Crippen LogP contribution in [0.4, 0.5) is 0 Å². The Bertz CT molecular complexity index is 381. The Labute approximate surface area is 97.0 Å². The van der Waals surface area contributed by atoms with Crippen LogP contribution >= 0.6 is 31.9 Å². The maximum atomic E-state index is 10.6. The fourth-order valence-corrected chi connectivity index (χ4v) is 2.21. The number of carboxylic acids is 1. The first-order valence-corrected chi connectivity index (χ1v) is 5.18. The Balaban J connectivity index is 3.26. The smallest absolute Gasteiger partial charge is 0.325 e. The number of carboxylic acid groups (broad SMARTS) is 1. The number of hydrogen-bond donors (Lipinski definition) is 3. The molecular formula is C8H7Br2NO3. The van der Waals surface area contributed by atoms with E-state index < -0.39 is 12.0 Å². The lowest BCUT2D eigenvalue weighted by atomic mass is 10.1. The number of phenolic OH excluding ortho intramolecular Hbond substituents is 1. The van der Waals surface area contributed by atoms with Gasteiger partial charge in [0.05, 0.1) is 4.47 Å². The summed E-state index contributed by atoms with van der Waals surface area (Å²) in [5.74, 6) is -1.34. The zero-order valence-corrected chi connectivity index (χ0v) is 10.0. The molecule has 14 heavy (non-hydrogen) atoms. The number of aromatic hydroxyl groups is 1. The Kier molecular flexibility index (Phi) is 3.52. The van der Waals surface area contributed by atoms with Crippen molar-refractivity contribution in [3.05, 3.63) is 26.6 Å². The first kappa shape index (κ1) is 11.5. The van der Waals surface area contributed by atoms with Gasteiger partial charge in [0.25, 0.3) is 0 Å². The molecule has 0 bridgehead atoms. The summed E-state index contributed by atoms with van der Waals surface area (Å²) < 4.78 is 1.05. The number of hydrogen-bond acceptors (Lipinski definition) is 3. The van der Waals surface area contributed by atoms with Gasteiger partial charge >= 0.3 is 5.97 Å². The van der Waals surface area contributed by atoms with Crippen molar-refractivity contribution in [2.24, 2.45) is 5.73 Å². The van der Waals surface area contributed by atoms with E-state index in [4.69, 9.17) is 10.8 Å². The van der Waals surface area contributed by atoms with Crippen LogP contribution in [0.15, 0.2) is 21.1 Å². The first-order valence-electron chi connectivity index (χ1n) is 3.59. The van der Waals surface area contributed by atoms with Crippen LogP contribution in [0.5, 0.6) is 5.75 Å². The zero-order chi connectivity index (χ0) is 10.9. The second-order valence-electron chi connectivity index (χ2n) is 2.64. The maximum absolute atomic E-state index is 10.6. The molecule has 1 aromatic carbocycles. The summed E-state index contributed by atoms with van der Waals surface area (Å²) in [6, 6.07) is 1.84. The number of nitrogens with two attached hydrogens (primary N) is 1. The third-order valence-corrected chi connectivity index (χ3v) is 2.72. The number of halogens is 2. The van der Waals surface area contributed by atoms with Crippen LogP contribution in [0.2, 0.25) is 0 Å². The van der Waals surface area contributed by atoms with Gasteiger partial charge in [-0.3, -0.25) is 4.79 Å². The molecule has 4 nitrogen and oxygen atoms in total. The average Bonchev–Trinajstić information content (AvgIpc) is 2.09. The quantitative estimate of drug-likeness (QED) is 0.777. The Morgan fingerprint density at radius 3 is 2.50 bits per heavy atom. The van der Waals surface area contributed by atoms with Crippen LogP contribution in [-0.4, -0.2) is 16.2 Å². The van der Waals surface area contributed by atoms with Gasteiger partial charge in [-0.15, -0.1) is 0 Å². The van der Waals surface area contributed by atoms with Crippen molar-refractivity contribution in [1.29, 1.82) is 0 Å². The molecule has 0 aromatic heterocycles. The highest BCUT2D eigenvalue weighted by atomic mass is 79.9. The normalized spacial score (nSPS) is 12.5. The van der Waals surface area contributed by atoms with Crippen LogP contribution in [0, 0.1) is 0 Å². The van der Waals surface area contributed by atoms with Crippen molar-refractivity contribution < 1.29 is 15.0 Å². The second kappa shape index (κ2) is 4.29. The van der Waals surface area contributed by atoms with Crippen molar-refractivity contribution in [3.63, 3.8) is 0 Å². The summed E-state index contributed by atoms with van der Waals surface area (Å²) in [7, 11) is 0. The van der Waals surface area contributed by atoms with E-state index in [2.05, 4.69) is 31.9 Å². The van der Waals surface area contributed by atoms with E-state index in [0.29, 0.717) is 8.95 Å². The van der Waals surface area contributed by atoms with Gasteiger partial charge in [0.15, 0.2) is 0 Å². The molecule has 0 aliphatic rings. The third-order valence-electron chi connectivity index (χ3n) is 1.66. The van der Waals surface area contributed by atoms with Crippen molar-refractivity contribution >= 4 is 37.8 Å². The molecule has 0 amide bonds. The lowest BCUT2D eigenvalue weighted by molar-refractivity contribution is -0.138. The van der Waals surface area contributed by atoms with Gasteiger partial charge in [0.2, 0.25) is 0 Å². The number of benzene rings is 1. The maximum Gasteiger partial charge on any atom is 0.325 e. The standard InChI is InChI=1S/C8H7Br2NO3/c9-3-1-4(6(11)8(13)14)7(12)5(10)2-3/h1-2,6,12H,11H2,(H,13,14)/t6-/m0/s1. The van der Waals surface area contributed by atoms with E-state index >= 15 is 0 Å². The van der Waals surface area contributed by atoms with Crippen molar-refractivity contribution in [3.8, 4) is 5.75 Å². The number of aliphatic carboxylic acids is 1. The molecule has 1 rings (SSSR count). The summed E-state index contributed by atoms with van der Waals surface area (Å²) in [5, 5.41) is 18.2. The van der Waals surface area contributed by atoms with Crippen LogP contribution < -0.4 is 5.73 Å². The molecule has 0 radical (unpaired) electrons. The average molecular weight is 325 g/mol.